The van der Waals surface area contributed by atoms with E-state index in [1.165, 1.54) is 0 Å². The Morgan fingerprint density at radius 2 is 1.67 bits per heavy atom. The van der Waals surface area contributed by atoms with Crippen molar-refractivity contribution in [3.8, 4) is 0 Å². The van der Waals surface area contributed by atoms with Gasteiger partial charge in [0.15, 0.2) is 0 Å². The zero-order valence-corrected chi connectivity index (χ0v) is 12.7. The van der Waals surface area contributed by atoms with Gasteiger partial charge in [-0.05, 0) is 24.8 Å². The Kier molecular flexibility index (Phi) is 6.23. The van der Waals surface area contributed by atoms with E-state index < -0.39 is 24.2 Å². The van der Waals surface area contributed by atoms with E-state index in [0.717, 1.165) is 0 Å². The van der Waals surface area contributed by atoms with E-state index in [1.54, 1.807) is 37.3 Å². The molecule has 1 rings (SSSR count). The Balaban J connectivity index is 2.75. The highest BCUT2D eigenvalue weighted by atomic mass is 19.4. The van der Waals surface area contributed by atoms with Crippen LogP contribution in [0, 0.1) is 5.92 Å². The minimum absolute atomic E-state index is 0.126. The first-order chi connectivity index (χ1) is 9.59. The predicted molar refractivity (Wildman–Crippen MR) is 77.9 cm³/mol. The fourth-order valence-corrected chi connectivity index (χ4v) is 2.52. The predicted octanol–water partition coefficient (Wildman–Crippen LogP) is 4.07. The van der Waals surface area contributed by atoms with E-state index >= 15 is 0 Å². The first-order valence-corrected chi connectivity index (χ1v) is 7.16. The standard InChI is InChI=1S/C16H24F3NO/c1-12(2)9-15(3,21)11-20-14(10-16(17,18)19)13-7-5-4-6-8-13/h4-8,12,14,20-21H,9-11H2,1-3H3. The number of hydrogen-bond donors (Lipinski definition) is 2. The minimum atomic E-state index is -4.25. The molecule has 0 aliphatic carbocycles. The van der Waals surface area contributed by atoms with Gasteiger partial charge in [0.05, 0.1) is 12.0 Å². The molecule has 0 aliphatic heterocycles. The van der Waals surface area contributed by atoms with Crippen LogP contribution in [0.15, 0.2) is 30.3 Å². The van der Waals surface area contributed by atoms with Gasteiger partial charge in [-0.25, -0.2) is 0 Å². The van der Waals surface area contributed by atoms with Crippen LogP contribution in [0.3, 0.4) is 0 Å². The van der Waals surface area contributed by atoms with Gasteiger partial charge >= 0.3 is 6.18 Å². The Labute approximate surface area is 124 Å². The number of nitrogens with one attached hydrogen (secondary N) is 1. The molecular weight excluding hydrogens is 279 g/mol. The SMILES string of the molecule is CC(C)CC(C)(O)CNC(CC(F)(F)F)c1ccccc1. The van der Waals surface area contributed by atoms with Crippen LogP contribution in [0.2, 0.25) is 0 Å². The Hall–Kier alpha value is -1.07. The zero-order chi connectivity index (χ0) is 16.1. The molecule has 0 saturated carbocycles. The van der Waals surface area contributed by atoms with Crippen LogP contribution in [0.5, 0.6) is 0 Å². The van der Waals surface area contributed by atoms with Gasteiger partial charge in [-0.3, -0.25) is 0 Å². The van der Waals surface area contributed by atoms with Crippen LogP contribution >= 0.6 is 0 Å². The summed E-state index contributed by atoms with van der Waals surface area (Å²) < 4.78 is 38.2. The van der Waals surface area contributed by atoms with Gasteiger partial charge in [0.1, 0.15) is 0 Å². The van der Waals surface area contributed by atoms with E-state index in [0.29, 0.717) is 12.0 Å². The van der Waals surface area contributed by atoms with Crippen LogP contribution in [0.25, 0.3) is 0 Å². The summed E-state index contributed by atoms with van der Waals surface area (Å²) in [5.41, 5.74) is -0.442. The lowest BCUT2D eigenvalue weighted by atomic mass is 9.93. The summed E-state index contributed by atoms with van der Waals surface area (Å²) in [5.74, 6) is 0.277. The van der Waals surface area contributed by atoms with E-state index in [9.17, 15) is 18.3 Å². The lowest BCUT2D eigenvalue weighted by Gasteiger charge is -2.29. The van der Waals surface area contributed by atoms with Crippen molar-refractivity contribution in [3.05, 3.63) is 35.9 Å². The topological polar surface area (TPSA) is 32.3 Å². The molecule has 0 heterocycles. The third kappa shape index (κ3) is 7.48. The number of rotatable bonds is 7. The normalized spacial score (nSPS) is 16.8. The highest BCUT2D eigenvalue weighted by Crippen LogP contribution is 2.30. The summed E-state index contributed by atoms with van der Waals surface area (Å²) in [7, 11) is 0. The molecule has 1 aromatic rings. The molecule has 21 heavy (non-hydrogen) atoms. The Morgan fingerprint density at radius 3 is 2.14 bits per heavy atom. The molecule has 120 valence electrons. The molecule has 0 bridgehead atoms. The van der Waals surface area contributed by atoms with Crippen LogP contribution in [0.4, 0.5) is 13.2 Å². The maximum Gasteiger partial charge on any atom is 0.390 e. The van der Waals surface area contributed by atoms with Crippen molar-refractivity contribution in [2.75, 3.05) is 6.54 Å². The average molecular weight is 303 g/mol. The molecule has 0 radical (unpaired) electrons. The van der Waals surface area contributed by atoms with Gasteiger partial charge in [0.2, 0.25) is 0 Å². The van der Waals surface area contributed by atoms with Crippen molar-refractivity contribution >= 4 is 0 Å². The molecule has 2 unspecified atom stereocenters. The summed E-state index contributed by atoms with van der Waals surface area (Å²) in [6.45, 7) is 5.72. The lowest BCUT2D eigenvalue weighted by molar-refractivity contribution is -0.141. The maximum atomic E-state index is 12.7. The molecule has 0 amide bonds. The van der Waals surface area contributed by atoms with Crippen molar-refractivity contribution < 1.29 is 18.3 Å². The fourth-order valence-electron chi connectivity index (χ4n) is 2.52. The molecular formula is C16H24F3NO. The molecule has 0 aromatic heterocycles. The van der Waals surface area contributed by atoms with Gasteiger partial charge < -0.3 is 10.4 Å². The smallest absolute Gasteiger partial charge is 0.389 e. The van der Waals surface area contributed by atoms with Gasteiger partial charge in [-0.1, -0.05) is 44.2 Å². The molecule has 0 aliphatic rings. The van der Waals surface area contributed by atoms with Gasteiger partial charge in [0.25, 0.3) is 0 Å². The quantitative estimate of drug-likeness (QED) is 0.796. The second-order valence-electron chi connectivity index (χ2n) is 6.26. The van der Waals surface area contributed by atoms with Crippen molar-refractivity contribution in [3.63, 3.8) is 0 Å². The molecule has 2 N–H and O–H groups in total. The number of hydrogen-bond acceptors (Lipinski definition) is 2. The van der Waals surface area contributed by atoms with Gasteiger partial charge in [-0.2, -0.15) is 13.2 Å². The van der Waals surface area contributed by atoms with Gasteiger partial charge in [0, 0.05) is 12.6 Å². The molecule has 0 spiro atoms. The van der Waals surface area contributed by atoms with E-state index in [2.05, 4.69) is 5.32 Å². The average Bonchev–Trinajstić information content (AvgIpc) is 2.33. The number of alkyl halides is 3. The highest BCUT2D eigenvalue weighted by Gasteiger charge is 2.33. The summed E-state index contributed by atoms with van der Waals surface area (Å²) >= 11 is 0. The van der Waals surface area contributed by atoms with Crippen LogP contribution in [0.1, 0.15) is 45.2 Å². The largest absolute Gasteiger partial charge is 0.390 e. The fraction of sp³-hybridized carbons (Fsp3) is 0.625. The first kappa shape index (κ1) is 18.0. The van der Waals surface area contributed by atoms with E-state index in [4.69, 9.17) is 0 Å². The number of halogens is 3. The summed E-state index contributed by atoms with van der Waals surface area (Å²) in [5, 5.41) is 13.1. The maximum absolute atomic E-state index is 12.7. The monoisotopic (exact) mass is 303 g/mol. The van der Waals surface area contributed by atoms with Crippen LogP contribution in [-0.2, 0) is 0 Å². The van der Waals surface area contributed by atoms with Crippen LogP contribution < -0.4 is 5.32 Å². The third-order valence-corrected chi connectivity index (χ3v) is 3.21. The first-order valence-electron chi connectivity index (χ1n) is 7.16. The van der Waals surface area contributed by atoms with Crippen molar-refractivity contribution in [1.29, 1.82) is 0 Å². The molecule has 2 atom stereocenters. The molecule has 5 heteroatoms. The van der Waals surface area contributed by atoms with Gasteiger partial charge in [-0.15, -0.1) is 0 Å². The molecule has 1 aromatic carbocycles. The Bertz CT molecular complexity index is 415. The second kappa shape index (κ2) is 7.27. The summed E-state index contributed by atoms with van der Waals surface area (Å²) in [6.07, 6.45) is -4.67. The van der Waals surface area contributed by atoms with Crippen LogP contribution in [-0.4, -0.2) is 23.4 Å². The van der Waals surface area contributed by atoms with E-state index in [1.807, 2.05) is 13.8 Å². The minimum Gasteiger partial charge on any atom is -0.389 e. The van der Waals surface area contributed by atoms with Crippen molar-refractivity contribution in [2.24, 2.45) is 5.92 Å². The van der Waals surface area contributed by atoms with Crippen molar-refractivity contribution in [2.45, 2.75) is 51.4 Å². The molecule has 2 nitrogen and oxygen atoms in total. The Morgan fingerprint density at radius 1 is 1.10 bits per heavy atom. The summed E-state index contributed by atoms with van der Waals surface area (Å²) in [6, 6.07) is 7.69. The van der Waals surface area contributed by atoms with E-state index in [-0.39, 0.29) is 12.5 Å². The second-order valence-corrected chi connectivity index (χ2v) is 6.26. The number of aliphatic hydroxyl groups is 1. The molecule has 0 fully saturated rings. The zero-order valence-electron chi connectivity index (χ0n) is 12.7. The highest BCUT2D eigenvalue weighted by molar-refractivity contribution is 5.19. The summed E-state index contributed by atoms with van der Waals surface area (Å²) in [4.78, 5) is 0. The third-order valence-electron chi connectivity index (χ3n) is 3.21. The molecule has 0 saturated heterocycles. The number of benzene rings is 1. The van der Waals surface area contributed by atoms with Crippen molar-refractivity contribution in [1.82, 2.24) is 5.32 Å². The lowest BCUT2D eigenvalue weighted by Crippen LogP contribution is -2.41.